The lowest BCUT2D eigenvalue weighted by atomic mass is 10.0. The second-order valence-corrected chi connectivity index (χ2v) is 6.00. The Morgan fingerprint density at radius 3 is 2.35 bits per heavy atom. The minimum Gasteiger partial charge on any atom is -0.481 e. The number of amides is 1. The van der Waals surface area contributed by atoms with Crippen LogP contribution in [-0.4, -0.2) is 28.8 Å². The first-order valence-corrected chi connectivity index (χ1v) is 6.00. The Hall–Kier alpha value is -1.26. The molecule has 5 nitrogen and oxygen atoms in total. The molecule has 0 aromatic rings. The van der Waals surface area contributed by atoms with Gasteiger partial charge in [0.1, 0.15) is 5.60 Å². The Labute approximate surface area is 101 Å². The van der Waals surface area contributed by atoms with Gasteiger partial charge in [0.15, 0.2) is 0 Å². The predicted octanol–water partition coefficient (Wildman–Crippen LogP) is 1.62. The van der Waals surface area contributed by atoms with Crippen LogP contribution in [0.4, 0.5) is 4.79 Å². The van der Waals surface area contributed by atoms with Crippen molar-refractivity contribution in [2.75, 3.05) is 0 Å². The van der Waals surface area contributed by atoms with Crippen LogP contribution >= 0.6 is 0 Å². The van der Waals surface area contributed by atoms with E-state index < -0.39 is 17.7 Å². The number of fused-ring (bicyclic) bond motifs is 1. The fourth-order valence-corrected chi connectivity index (χ4v) is 2.69. The highest BCUT2D eigenvalue weighted by atomic mass is 16.6. The molecule has 1 amide bonds. The highest BCUT2D eigenvalue weighted by molar-refractivity contribution is 5.73. The van der Waals surface area contributed by atoms with Crippen LogP contribution in [0.15, 0.2) is 0 Å². The van der Waals surface area contributed by atoms with E-state index in [4.69, 9.17) is 9.84 Å². The Balaban J connectivity index is 1.86. The Morgan fingerprint density at radius 1 is 1.24 bits per heavy atom. The summed E-state index contributed by atoms with van der Waals surface area (Å²) in [6.07, 6.45) is 1.00. The van der Waals surface area contributed by atoms with Crippen molar-refractivity contribution in [3.63, 3.8) is 0 Å². The lowest BCUT2D eigenvalue weighted by Crippen LogP contribution is -2.39. The number of alkyl carbamates (subject to hydrolysis) is 1. The molecule has 0 aromatic carbocycles. The van der Waals surface area contributed by atoms with Crippen molar-refractivity contribution >= 4 is 12.1 Å². The first-order chi connectivity index (χ1) is 7.78. The molecule has 2 rings (SSSR count). The fraction of sp³-hybridized carbons (Fsp3) is 0.833. The van der Waals surface area contributed by atoms with Crippen molar-refractivity contribution in [3.05, 3.63) is 0 Å². The van der Waals surface area contributed by atoms with Crippen molar-refractivity contribution in [3.8, 4) is 0 Å². The summed E-state index contributed by atoms with van der Waals surface area (Å²) in [6.45, 7) is 5.42. The van der Waals surface area contributed by atoms with Gasteiger partial charge < -0.3 is 15.2 Å². The summed E-state index contributed by atoms with van der Waals surface area (Å²) in [4.78, 5) is 22.5. The third-order valence-corrected chi connectivity index (χ3v) is 3.45. The smallest absolute Gasteiger partial charge is 0.407 e. The van der Waals surface area contributed by atoms with E-state index in [0.717, 1.165) is 6.42 Å². The van der Waals surface area contributed by atoms with Crippen molar-refractivity contribution in [1.29, 1.82) is 0 Å². The van der Waals surface area contributed by atoms with E-state index in [1.165, 1.54) is 0 Å². The van der Waals surface area contributed by atoms with Crippen LogP contribution in [0.2, 0.25) is 0 Å². The summed E-state index contributed by atoms with van der Waals surface area (Å²) in [7, 11) is 0. The van der Waals surface area contributed by atoms with E-state index in [1.807, 2.05) is 0 Å². The van der Waals surface area contributed by atoms with Gasteiger partial charge in [-0.15, -0.1) is 0 Å². The predicted molar refractivity (Wildman–Crippen MR) is 60.5 cm³/mol. The molecule has 96 valence electrons. The molecule has 0 aromatic heterocycles. The zero-order valence-corrected chi connectivity index (χ0v) is 10.4. The van der Waals surface area contributed by atoms with Gasteiger partial charge in [-0.3, -0.25) is 4.79 Å². The van der Waals surface area contributed by atoms with Gasteiger partial charge in [-0.25, -0.2) is 4.79 Å². The first-order valence-electron chi connectivity index (χ1n) is 6.00. The van der Waals surface area contributed by atoms with Crippen LogP contribution in [0, 0.1) is 17.8 Å². The summed E-state index contributed by atoms with van der Waals surface area (Å²) in [5, 5.41) is 11.8. The second-order valence-electron chi connectivity index (χ2n) is 6.00. The van der Waals surface area contributed by atoms with Crippen LogP contribution in [0.5, 0.6) is 0 Å². The summed E-state index contributed by atoms with van der Waals surface area (Å²) in [6, 6.07) is -0.0315. The van der Waals surface area contributed by atoms with Crippen molar-refractivity contribution in [1.82, 2.24) is 5.32 Å². The van der Waals surface area contributed by atoms with E-state index in [1.54, 1.807) is 20.8 Å². The van der Waals surface area contributed by atoms with Crippen LogP contribution in [0.25, 0.3) is 0 Å². The van der Waals surface area contributed by atoms with E-state index >= 15 is 0 Å². The zero-order chi connectivity index (χ0) is 12.8. The maximum Gasteiger partial charge on any atom is 0.407 e. The average Bonchev–Trinajstić information content (AvgIpc) is 2.82. The standard InChI is InChI=1S/C12H19NO4/c1-12(2,3)17-11(16)13-9-5-8(10(14)15)6-4-7(6)9/h6-9H,4-5H2,1-3H3,(H,13,16)(H,14,15)/t6-,7+,8+,9-/m0/s1. The minimum atomic E-state index is -0.744. The molecule has 5 heteroatoms. The van der Waals surface area contributed by atoms with Gasteiger partial charge in [0, 0.05) is 6.04 Å². The van der Waals surface area contributed by atoms with Crippen molar-refractivity contribution in [2.45, 2.75) is 45.3 Å². The number of ether oxygens (including phenoxy) is 1. The van der Waals surface area contributed by atoms with Gasteiger partial charge in [0.05, 0.1) is 5.92 Å². The molecular weight excluding hydrogens is 222 g/mol. The number of hydrogen-bond acceptors (Lipinski definition) is 3. The van der Waals surface area contributed by atoms with E-state index in [2.05, 4.69) is 5.32 Å². The quantitative estimate of drug-likeness (QED) is 0.770. The molecule has 0 spiro atoms. The largest absolute Gasteiger partial charge is 0.481 e. The van der Waals surface area contributed by atoms with Gasteiger partial charge in [-0.1, -0.05) is 0 Å². The highest BCUT2D eigenvalue weighted by Gasteiger charge is 2.57. The maximum atomic E-state index is 11.6. The lowest BCUT2D eigenvalue weighted by Gasteiger charge is -2.22. The Morgan fingerprint density at radius 2 is 1.88 bits per heavy atom. The van der Waals surface area contributed by atoms with E-state index in [0.29, 0.717) is 12.3 Å². The number of aliphatic carboxylic acids is 1. The highest BCUT2D eigenvalue weighted by Crippen LogP contribution is 2.55. The topological polar surface area (TPSA) is 75.6 Å². The van der Waals surface area contributed by atoms with Crippen LogP contribution in [-0.2, 0) is 9.53 Å². The number of carboxylic acid groups (broad SMARTS) is 1. The number of carboxylic acids is 1. The Kier molecular flexibility index (Phi) is 2.79. The second kappa shape index (κ2) is 3.89. The summed E-state index contributed by atoms with van der Waals surface area (Å²) < 4.78 is 5.16. The molecule has 17 heavy (non-hydrogen) atoms. The van der Waals surface area contributed by atoms with Gasteiger partial charge in [-0.2, -0.15) is 0 Å². The molecule has 0 heterocycles. The summed E-state index contributed by atoms with van der Waals surface area (Å²) in [5.74, 6) is -0.443. The van der Waals surface area contributed by atoms with Crippen LogP contribution < -0.4 is 5.32 Å². The van der Waals surface area contributed by atoms with Gasteiger partial charge >= 0.3 is 12.1 Å². The molecule has 0 radical (unpaired) electrons. The Bertz CT molecular complexity index is 347. The number of hydrogen-bond donors (Lipinski definition) is 2. The molecule has 4 atom stereocenters. The molecule has 2 fully saturated rings. The van der Waals surface area contributed by atoms with E-state index in [-0.39, 0.29) is 17.9 Å². The molecule has 0 aliphatic heterocycles. The average molecular weight is 241 g/mol. The van der Waals surface area contributed by atoms with Gasteiger partial charge in [0.25, 0.3) is 0 Å². The summed E-state index contributed by atoms with van der Waals surface area (Å²) >= 11 is 0. The third kappa shape index (κ3) is 2.70. The van der Waals surface area contributed by atoms with Gasteiger partial charge in [-0.05, 0) is 45.4 Å². The molecule has 2 aliphatic carbocycles. The molecule has 2 N–H and O–H groups in total. The normalized spacial score (nSPS) is 35.0. The first kappa shape index (κ1) is 12.2. The number of carbonyl (C=O) groups excluding carboxylic acids is 1. The number of nitrogens with one attached hydrogen (secondary N) is 1. The molecule has 0 unspecified atom stereocenters. The molecule has 0 saturated heterocycles. The maximum absolute atomic E-state index is 11.6. The van der Waals surface area contributed by atoms with E-state index in [9.17, 15) is 9.59 Å². The molecular formula is C12H19NO4. The van der Waals surface area contributed by atoms with Gasteiger partial charge in [0.2, 0.25) is 0 Å². The van der Waals surface area contributed by atoms with Crippen molar-refractivity contribution in [2.24, 2.45) is 17.8 Å². The number of rotatable bonds is 2. The molecule has 0 bridgehead atoms. The lowest BCUT2D eigenvalue weighted by molar-refractivity contribution is -0.142. The fourth-order valence-electron chi connectivity index (χ4n) is 2.69. The third-order valence-electron chi connectivity index (χ3n) is 3.45. The zero-order valence-electron chi connectivity index (χ0n) is 10.4. The SMILES string of the molecule is CC(C)(C)OC(=O)N[C@H]1C[C@@H](C(=O)O)[C@H]2C[C@H]21. The minimum absolute atomic E-state index is 0.0315. The van der Waals surface area contributed by atoms with Crippen molar-refractivity contribution < 1.29 is 19.4 Å². The molecule has 2 saturated carbocycles. The summed E-state index contributed by atoms with van der Waals surface area (Å²) in [5.41, 5.74) is -0.516. The number of carbonyl (C=O) groups is 2. The van der Waals surface area contributed by atoms with Crippen LogP contribution in [0.1, 0.15) is 33.6 Å². The molecule has 2 aliphatic rings. The monoisotopic (exact) mass is 241 g/mol. The van der Waals surface area contributed by atoms with Crippen LogP contribution in [0.3, 0.4) is 0 Å².